The Hall–Kier alpha value is -1.09. The topological polar surface area (TPSA) is 42.0 Å². The summed E-state index contributed by atoms with van der Waals surface area (Å²) in [5.74, 6) is -0.190. The molecular weight excluding hydrogens is 212 g/mol. The number of hydrogen-bond donors (Lipinski definition) is 1. The van der Waals surface area contributed by atoms with Crippen molar-refractivity contribution in [3.05, 3.63) is 29.0 Å². The first-order valence-electron chi connectivity index (χ1n) is 4.89. The van der Waals surface area contributed by atoms with E-state index >= 15 is 0 Å². The van der Waals surface area contributed by atoms with Crippen molar-refractivity contribution >= 4 is 17.5 Å². The minimum atomic E-state index is -0.221. The second-order valence-electron chi connectivity index (χ2n) is 4.04. The third-order valence-electron chi connectivity index (χ3n) is 2.28. The first-order valence-corrected chi connectivity index (χ1v) is 5.27. The molecule has 4 heteroatoms. The molecule has 0 radical (unpaired) electrons. The number of nitrogens with one attached hydrogen (secondary N) is 1. The molecule has 0 atom stereocenters. The molecule has 1 amide bonds. The lowest BCUT2D eigenvalue weighted by Gasteiger charge is -2.24. The summed E-state index contributed by atoms with van der Waals surface area (Å²) in [6, 6.07) is 5.00. The van der Waals surface area contributed by atoms with Crippen LogP contribution in [-0.2, 0) is 0 Å². The van der Waals surface area contributed by atoms with Gasteiger partial charge in [-0.2, -0.15) is 0 Å². The molecule has 0 unspecified atom stereocenters. The fourth-order valence-corrected chi connectivity index (χ4v) is 1.16. The molecule has 0 aliphatic rings. The first kappa shape index (κ1) is 12.0. The molecule has 1 aromatic rings. The van der Waals surface area contributed by atoms with Crippen molar-refractivity contribution in [3.63, 3.8) is 0 Å². The zero-order valence-electron chi connectivity index (χ0n) is 9.17. The van der Waals surface area contributed by atoms with Crippen LogP contribution < -0.4 is 5.32 Å². The van der Waals surface area contributed by atoms with Crippen molar-refractivity contribution in [3.8, 4) is 0 Å². The zero-order valence-corrected chi connectivity index (χ0v) is 9.93. The number of nitrogens with zero attached hydrogens (tertiary/aromatic N) is 1. The fraction of sp³-hybridized carbons (Fsp3) is 0.455. The van der Waals surface area contributed by atoms with E-state index in [2.05, 4.69) is 10.3 Å². The van der Waals surface area contributed by atoms with Crippen molar-refractivity contribution in [2.24, 2.45) is 0 Å². The molecule has 1 aromatic heterocycles. The van der Waals surface area contributed by atoms with E-state index in [1.807, 2.05) is 20.8 Å². The molecule has 0 aliphatic carbocycles. The van der Waals surface area contributed by atoms with Crippen molar-refractivity contribution in [1.29, 1.82) is 0 Å². The van der Waals surface area contributed by atoms with E-state index in [1.54, 1.807) is 18.2 Å². The van der Waals surface area contributed by atoms with E-state index < -0.39 is 0 Å². The number of carbonyl (C=O) groups is 1. The Balaban J connectivity index is 2.78. The summed E-state index contributed by atoms with van der Waals surface area (Å²) in [6.45, 7) is 5.95. The summed E-state index contributed by atoms with van der Waals surface area (Å²) in [7, 11) is 0. The Labute approximate surface area is 94.9 Å². The molecule has 82 valence electrons. The van der Waals surface area contributed by atoms with Crippen LogP contribution in [0.15, 0.2) is 18.2 Å². The van der Waals surface area contributed by atoms with Gasteiger partial charge >= 0.3 is 0 Å². The van der Waals surface area contributed by atoms with E-state index in [4.69, 9.17) is 11.6 Å². The molecular formula is C11H15ClN2O. The Bertz CT molecular complexity index is 363. The van der Waals surface area contributed by atoms with Crippen molar-refractivity contribution in [1.82, 2.24) is 10.3 Å². The normalized spacial score (nSPS) is 11.2. The monoisotopic (exact) mass is 226 g/mol. The number of amides is 1. The second-order valence-corrected chi connectivity index (χ2v) is 4.42. The van der Waals surface area contributed by atoms with Gasteiger partial charge in [-0.25, -0.2) is 4.98 Å². The highest BCUT2D eigenvalue weighted by molar-refractivity contribution is 6.29. The van der Waals surface area contributed by atoms with Crippen LogP contribution in [0.3, 0.4) is 0 Å². The van der Waals surface area contributed by atoms with Gasteiger partial charge in [-0.3, -0.25) is 4.79 Å². The van der Waals surface area contributed by atoms with E-state index in [-0.39, 0.29) is 11.4 Å². The largest absolute Gasteiger partial charge is 0.346 e. The lowest BCUT2D eigenvalue weighted by Crippen LogP contribution is -2.43. The molecule has 0 bridgehead atoms. The van der Waals surface area contributed by atoms with Gasteiger partial charge in [0.1, 0.15) is 10.8 Å². The quantitative estimate of drug-likeness (QED) is 0.806. The average molecular weight is 227 g/mol. The minimum absolute atomic E-state index is 0.190. The average Bonchev–Trinajstić information content (AvgIpc) is 2.17. The lowest BCUT2D eigenvalue weighted by molar-refractivity contribution is 0.0906. The second kappa shape index (κ2) is 4.62. The highest BCUT2D eigenvalue weighted by Crippen LogP contribution is 2.10. The molecule has 1 heterocycles. The molecule has 1 rings (SSSR count). The van der Waals surface area contributed by atoms with Crippen molar-refractivity contribution in [2.75, 3.05) is 0 Å². The van der Waals surface area contributed by atoms with Crippen molar-refractivity contribution in [2.45, 2.75) is 32.7 Å². The summed E-state index contributed by atoms with van der Waals surface area (Å²) in [5, 5.41) is 3.22. The van der Waals surface area contributed by atoms with E-state index in [0.717, 1.165) is 6.42 Å². The molecule has 3 nitrogen and oxygen atoms in total. The third kappa shape index (κ3) is 3.51. The highest BCUT2D eigenvalue weighted by Gasteiger charge is 2.19. The van der Waals surface area contributed by atoms with Crippen LogP contribution in [0.5, 0.6) is 0 Å². The maximum Gasteiger partial charge on any atom is 0.270 e. The number of hydrogen-bond acceptors (Lipinski definition) is 2. The van der Waals surface area contributed by atoms with Crippen LogP contribution >= 0.6 is 11.6 Å². The van der Waals surface area contributed by atoms with Gasteiger partial charge in [0.15, 0.2) is 0 Å². The summed E-state index contributed by atoms with van der Waals surface area (Å²) in [5.41, 5.74) is 0.130. The Morgan fingerprint density at radius 1 is 1.53 bits per heavy atom. The van der Waals surface area contributed by atoms with Crippen molar-refractivity contribution < 1.29 is 4.79 Å². The van der Waals surface area contributed by atoms with Crippen LogP contribution in [0.2, 0.25) is 5.15 Å². The Morgan fingerprint density at radius 3 is 2.73 bits per heavy atom. The van der Waals surface area contributed by atoms with Gasteiger partial charge in [-0.1, -0.05) is 24.6 Å². The van der Waals surface area contributed by atoms with Gasteiger partial charge in [-0.15, -0.1) is 0 Å². The predicted octanol–water partition coefficient (Wildman–Crippen LogP) is 2.65. The number of pyridine rings is 1. The lowest BCUT2D eigenvalue weighted by atomic mass is 10.0. The van der Waals surface area contributed by atoms with Gasteiger partial charge in [0.25, 0.3) is 5.91 Å². The van der Waals surface area contributed by atoms with Crippen LogP contribution in [0, 0.1) is 0 Å². The minimum Gasteiger partial charge on any atom is -0.346 e. The Kier molecular flexibility index (Phi) is 3.69. The van der Waals surface area contributed by atoms with Crippen LogP contribution in [0.4, 0.5) is 0 Å². The van der Waals surface area contributed by atoms with Gasteiger partial charge in [0.2, 0.25) is 0 Å². The molecule has 0 spiro atoms. The predicted molar refractivity (Wildman–Crippen MR) is 61.1 cm³/mol. The number of carbonyl (C=O) groups excluding carboxylic acids is 1. The molecule has 0 fully saturated rings. The maximum atomic E-state index is 11.7. The smallest absolute Gasteiger partial charge is 0.270 e. The molecule has 0 saturated heterocycles. The fourth-order valence-electron chi connectivity index (χ4n) is 0.994. The molecule has 1 N–H and O–H groups in total. The van der Waals surface area contributed by atoms with Crippen LogP contribution in [0.25, 0.3) is 0 Å². The maximum absolute atomic E-state index is 11.7. The standard InChI is InChI=1S/C11H15ClN2O/c1-4-11(2,3)14-10(15)8-6-5-7-9(12)13-8/h5-7H,4H2,1-3H3,(H,14,15). The van der Waals surface area contributed by atoms with Crippen LogP contribution in [-0.4, -0.2) is 16.4 Å². The SMILES string of the molecule is CCC(C)(C)NC(=O)c1cccc(Cl)n1. The van der Waals surface area contributed by atoms with Crippen LogP contribution in [0.1, 0.15) is 37.7 Å². The first-order chi connectivity index (χ1) is 6.94. The summed E-state index contributed by atoms with van der Waals surface area (Å²) < 4.78 is 0. The Morgan fingerprint density at radius 2 is 2.20 bits per heavy atom. The molecule has 0 saturated carbocycles. The zero-order chi connectivity index (χ0) is 11.5. The number of halogens is 1. The summed E-state index contributed by atoms with van der Waals surface area (Å²) in [4.78, 5) is 15.7. The summed E-state index contributed by atoms with van der Waals surface area (Å²) in [6.07, 6.45) is 0.860. The number of rotatable bonds is 3. The number of aromatic nitrogens is 1. The van der Waals surface area contributed by atoms with E-state index in [9.17, 15) is 4.79 Å². The molecule has 15 heavy (non-hydrogen) atoms. The van der Waals surface area contributed by atoms with Gasteiger partial charge in [0.05, 0.1) is 0 Å². The summed E-state index contributed by atoms with van der Waals surface area (Å²) >= 11 is 5.70. The highest BCUT2D eigenvalue weighted by atomic mass is 35.5. The van der Waals surface area contributed by atoms with Gasteiger partial charge in [0, 0.05) is 5.54 Å². The van der Waals surface area contributed by atoms with E-state index in [0.29, 0.717) is 10.8 Å². The van der Waals surface area contributed by atoms with Gasteiger partial charge < -0.3 is 5.32 Å². The molecule has 0 aliphatic heterocycles. The van der Waals surface area contributed by atoms with Gasteiger partial charge in [-0.05, 0) is 32.4 Å². The third-order valence-corrected chi connectivity index (χ3v) is 2.49. The van der Waals surface area contributed by atoms with E-state index in [1.165, 1.54) is 0 Å². The molecule has 0 aromatic carbocycles.